The molecule has 1 aliphatic heterocycles. The van der Waals surface area contributed by atoms with Gasteiger partial charge in [-0.25, -0.2) is 8.42 Å². The van der Waals surface area contributed by atoms with Gasteiger partial charge in [0.2, 0.25) is 15.9 Å². The van der Waals surface area contributed by atoms with Crippen LogP contribution in [0.15, 0.2) is 47.4 Å². The third kappa shape index (κ3) is 4.05. The van der Waals surface area contributed by atoms with E-state index in [4.69, 9.17) is 11.6 Å². The SMILES string of the molecule is Cc1cc(I)ccc1NC(=O)[C@@H]1CCCN1S(=O)(=O)c1ccc(Cl)cc1. The summed E-state index contributed by atoms with van der Waals surface area (Å²) in [4.78, 5) is 12.9. The minimum atomic E-state index is -3.75. The molecule has 2 aromatic rings. The van der Waals surface area contributed by atoms with Gasteiger partial charge in [0.1, 0.15) is 6.04 Å². The van der Waals surface area contributed by atoms with Gasteiger partial charge in [0, 0.05) is 20.8 Å². The number of rotatable bonds is 4. The molecule has 1 fully saturated rings. The molecule has 0 spiro atoms. The number of carbonyl (C=O) groups excluding carboxylic acids is 1. The van der Waals surface area contributed by atoms with Crippen LogP contribution in [0.1, 0.15) is 18.4 Å². The number of aryl methyl sites for hydroxylation is 1. The summed E-state index contributed by atoms with van der Waals surface area (Å²) in [5.41, 5.74) is 1.64. The highest BCUT2D eigenvalue weighted by molar-refractivity contribution is 14.1. The van der Waals surface area contributed by atoms with Gasteiger partial charge >= 0.3 is 0 Å². The minimum Gasteiger partial charge on any atom is -0.324 e. The molecule has 26 heavy (non-hydrogen) atoms. The molecule has 1 heterocycles. The van der Waals surface area contributed by atoms with Gasteiger partial charge in [-0.1, -0.05) is 11.6 Å². The molecule has 5 nitrogen and oxygen atoms in total. The van der Waals surface area contributed by atoms with E-state index in [0.717, 1.165) is 9.13 Å². The van der Waals surface area contributed by atoms with Gasteiger partial charge in [0.05, 0.1) is 4.90 Å². The van der Waals surface area contributed by atoms with Crippen molar-refractivity contribution in [2.75, 3.05) is 11.9 Å². The molecular weight excluding hydrogens is 487 g/mol. The smallest absolute Gasteiger partial charge is 0.243 e. The monoisotopic (exact) mass is 504 g/mol. The maximum absolute atomic E-state index is 12.9. The maximum atomic E-state index is 12.9. The van der Waals surface area contributed by atoms with Crippen LogP contribution in [-0.2, 0) is 14.8 Å². The van der Waals surface area contributed by atoms with Gasteiger partial charge in [-0.3, -0.25) is 4.79 Å². The first-order chi connectivity index (χ1) is 12.3. The average molecular weight is 505 g/mol. The first kappa shape index (κ1) is 19.6. The molecule has 2 aromatic carbocycles. The molecule has 0 bridgehead atoms. The molecule has 0 radical (unpaired) electrons. The Labute approximate surface area is 171 Å². The summed E-state index contributed by atoms with van der Waals surface area (Å²) in [5.74, 6) is -0.302. The predicted octanol–water partition coefficient (Wildman–Crippen LogP) is 4.04. The van der Waals surface area contributed by atoms with E-state index in [1.54, 1.807) is 0 Å². The van der Waals surface area contributed by atoms with Crippen molar-refractivity contribution in [1.29, 1.82) is 0 Å². The van der Waals surface area contributed by atoms with E-state index >= 15 is 0 Å². The van der Waals surface area contributed by atoms with Crippen LogP contribution < -0.4 is 5.32 Å². The van der Waals surface area contributed by atoms with Crippen molar-refractivity contribution < 1.29 is 13.2 Å². The Morgan fingerprint density at radius 2 is 1.92 bits per heavy atom. The summed E-state index contributed by atoms with van der Waals surface area (Å²) < 4.78 is 28.2. The summed E-state index contributed by atoms with van der Waals surface area (Å²) in [6.45, 7) is 2.24. The van der Waals surface area contributed by atoms with Crippen LogP contribution in [0.25, 0.3) is 0 Å². The van der Waals surface area contributed by atoms with Crippen LogP contribution >= 0.6 is 34.2 Å². The van der Waals surface area contributed by atoms with E-state index in [2.05, 4.69) is 27.9 Å². The van der Waals surface area contributed by atoms with Gasteiger partial charge in [-0.15, -0.1) is 0 Å². The fourth-order valence-electron chi connectivity index (χ4n) is 3.02. The minimum absolute atomic E-state index is 0.145. The van der Waals surface area contributed by atoms with Crippen molar-refractivity contribution in [3.8, 4) is 0 Å². The number of sulfonamides is 1. The number of hydrogen-bond donors (Lipinski definition) is 1. The second-order valence-electron chi connectivity index (χ2n) is 6.18. The molecule has 0 aromatic heterocycles. The molecule has 8 heteroatoms. The van der Waals surface area contributed by atoms with Crippen molar-refractivity contribution in [1.82, 2.24) is 4.31 Å². The number of anilines is 1. The number of amides is 1. The van der Waals surface area contributed by atoms with Gasteiger partial charge in [0.15, 0.2) is 0 Å². The summed E-state index contributed by atoms with van der Waals surface area (Å²) in [5, 5.41) is 3.34. The maximum Gasteiger partial charge on any atom is 0.243 e. The van der Waals surface area contributed by atoms with Crippen molar-refractivity contribution in [2.45, 2.75) is 30.7 Å². The Balaban J connectivity index is 1.83. The molecule has 138 valence electrons. The van der Waals surface area contributed by atoms with Crippen LogP contribution in [0.3, 0.4) is 0 Å². The molecule has 0 unspecified atom stereocenters. The predicted molar refractivity (Wildman–Crippen MR) is 111 cm³/mol. The van der Waals surface area contributed by atoms with Crippen LogP contribution in [0.2, 0.25) is 5.02 Å². The van der Waals surface area contributed by atoms with E-state index in [0.29, 0.717) is 30.1 Å². The Kier molecular flexibility index (Phi) is 5.91. The first-order valence-electron chi connectivity index (χ1n) is 8.13. The highest BCUT2D eigenvalue weighted by Gasteiger charge is 2.39. The zero-order valence-corrected chi connectivity index (χ0v) is 17.8. The van der Waals surface area contributed by atoms with E-state index < -0.39 is 16.1 Å². The van der Waals surface area contributed by atoms with Gasteiger partial charge in [0.25, 0.3) is 0 Å². The quantitative estimate of drug-likeness (QED) is 0.639. The fraction of sp³-hybridized carbons (Fsp3) is 0.278. The molecule has 1 aliphatic rings. The number of nitrogens with zero attached hydrogens (tertiary/aromatic N) is 1. The van der Waals surface area contributed by atoms with Crippen molar-refractivity contribution >= 4 is 55.8 Å². The largest absolute Gasteiger partial charge is 0.324 e. The highest BCUT2D eigenvalue weighted by Crippen LogP contribution is 2.28. The van der Waals surface area contributed by atoms with Gasteiger partial charge in [-0.2, -0.15) is 4.31 Å². The third-order valence-electron chi connectivity index (χ3n) is 4.37. The van der Waals surface area contributed by atoms with Crippen molar-refractivity contribution in [2.24, 2.45) is 0 Å². The lowest BCUT2D eigenvalue weighted by Crippen LogP contribution is -2.43. The molecule has 0 saturated carbocycles. The van der Waals surface area contributed by atoms with Crippen molar-refractivity contribution in [3.63, 3.8) is 0 Å². The zero-order valence-electron chi connectivity index (χ0n) is 14.1. The van der Waals surface area contributed by atoms with Crippen LogP contribution in [-0.4, -0.2) is 31.2 Å². The summed E-state index contributed by atoms with van der Waals surface area (Å²) in [6.07, 6.45) is 1.15. The van der Waals surface area contributed by atoms with E-state index in [-0.39, 0.29) is 10.8 Å². The second-order valence-corrected chi connectivity index (χ2v) is 9.75. The van der Waals surface area contributed by atoms with Gasteiger partial charge in [-0.05, 0) is 90.4 Å². The van der Waals surface area contributed by atoms with Crippen LogP contribution in [0.5, 0.6) is 0 Å². The highest BCUT2D eigenvalue weighted by atomic mass is 127. The van der Waals surface area contributed by atoms with Crippen molar-refractivity contribution in [3.05, 3.63) is 56.6 Å². The number of hydrogen-bond acceptors (Lipinski definition) is 3. The lowest BCUT2D eigenvalue weighted by atomic mass is 10.1. The fourth-order valence-corrected chi connectivity index (χ4v) is 5.44. The standard InChI is InChI=1S/C18H18ClIN2O3S/c1-12-11-14(20)6-9-16(12)21-18(23)17-3-2-10-22(17)26(24,25)15-7-4-13(19)5-8-15/h4-9,11,17H,2-3,10H2,1H3,(H,21,23)/t17-/m0/s1. The lowest BCUT2D eigenvalue weighted by molar-refractivity contribution is -0.119. The molecule has 1 atom stereocenters. The Morgan fingerprint density at radius 1 is 1.23 bits per heavy atom. The number of carbonyl (C=O) groups is 1. The third-order valence-corrected chi connectivity index (χ3v) is 7.22. The summed E-state index contributed by atoms with van der Waals surface area (Å²) in [7, 11) is -3.75. The Bertz CT molecular complexity index is 932. The molecule has 1 amide bonds. The van der Waals surface area contributed by atoms with Gasteiger partial charge < -0.3 is 5.32 Å². The molecule has 3 rings (SSSR count). The second kappa shape index (κ2) is 7.84. The molecule has 0 aliphatic carbocycles. The zero-order chi connectivity index (χ0) is 18.9. The summed E-state index contributed by atoms with van der Waals surface area (Å²) >= 11 is 8.05. The normalized spacial score (nSPS) is 18.0. The number of nitrogens with one attached hydrogen (secondary N) is 1. The Hall–Kier alpha value is -1.16. The number of halogens is 2. The topological polar surface area (TPSA) is 66.5 Å². The average Bonchev–Trinajstić information content (AvgIpc) is 3.08. The molecule has 1 saturated heterocycles. The molecular formula is C18H18ClIN2O3S. The van der Waals surface area contributed by atoms with E-state index in [1.165, 1.54) is 28.6 Å². The van der Waals surface area contributed by atoms with E-state index in [9.17, 15) is 13.2 Å². The first-order valence-corrected chi connectivity index (χ1v) is 11.0. The summed E-state index contributed by atoms with van der Waals surface area (Å²) in [6, 6.07) is 11.0. The Morgan fingerprint density at radius 3 is 2.58 bits per heavy atom. The lowest BCUT2D eigenvalue weighted by Gasteiger charge is -2.23. The van der Waals surface area contributed by atoms with E-state index in [1.807, 2.05) is 25.1 Å². The molecule has 1 N–H and O–H groups in total. The van der Waals surface area contributed by atoms with Crippen LogP contribution in [0.4, 0.5) is 5.69 Å². The number of benzene rings is 2. The van der Waals surface area contributed by atoms with Crippen LogP contribution in [0, 0.1) is 10.5 Å².